The Balaban J connectivity index is 1.40. The van der Waals surface area contributed by atoms with Crippen molar-refractivity contribution in [2.75, 3.05) is 0 Å². The molecular weight excluding hydrogens is 612 g/mol. The van der Waals surface area contributed by atoms with E-state index in [1.54, 1.807) is 6.92 Å². The number of carbonyl (C=O) groups excluding carboxylic acids is 2. The van der Waals surface area contributed by atoms with Crippen LogP contribution in [0.5, 0.6) is 0 Å². The molecule has 0 aromatic carbocycles. The minimum Gasteiger partial charge on any atom is -0.481 e. The molecule has 0 saturated heterocycles. The van der Waals surface area contributed by atoms with Crippen molar-refractivity contribution < 1.29 is 24.2 Å². The average molecular weight is 659 g/mol. The summed E-state index contributed by atoms with van der Waals surface area (Å²) in [5.74, 6) is 2.12. The molecule has 0 bridgehead atoms. The van der Waals surface area contributed by atoms with Gasteiger partial charge in [-0.2, -0.15) is 0 Å². The van der Waals surface area contributed by atoms with Crippen molar-refractivity contribution in [2.45, 2.75) is 126 Å². The summed E-state index contributed by atoms with van der Waals surface area (Å²) in [6.07, 6.45) is 17.8. The summed E-state index contributed by atoms with van der Waals surface area (Å²) in [5, 5.41) is 8.77. The van der Waals surface area contributed by atoms with E-state index in [0.29, 0.717) is 29.6 Å². The second-order valence-corrected chi connectivity index (χ2v) is 14.8. The molecule has 4 aliphatic carbocycles. The van der Waals surface area contributed by atoms with E-state index in [0.717, 1.165) is 51.4 Å². The zero-order chi connectivity index (χ0) is 27.4. The molecule has 0 heterocycles. The number of hydrogen-bond acceptors (Lipinski definition) is 4. The fraction of sp³-hybridized carbons (Fsp3) is 0.839. The predicted octanol–water partition coefficient (Wildman–Crippen LogP) is 8.02. The number of allylic oxidation sites excluding steroid dienone is 1. The minimum atomic E-state index is -0.690. The Kier molecular flexibility index (Phi) is 10.6. The van der Waals surface area contributed by atoms with Gasteiger partial charge in [-0.25, -0.2) is 0 Å². The lowest BCUT2D eigenvalue weighted by Crippen LogP contribution is -2.54. The third-order valence-corrected chi connectivity index (χ3v) is 12.5. The molecule has 5 nitrogen and oxygen atoms in total. The standard InChI is InChI=1S/C31H46Br2O5/c1-19(34)38-27-14-13-24-29-20(15-16-31(24,27)2)22-17-25(32)26(35)18-23(22)30(33)21(29)11-9-7-5-3-4-6-8-10-12-28(36)37/h18,20-22,24-25,27,29-30H,3-17H2,1-2H3,(H,36,37)/t20-,21+,22-,24+,25?,27+,29+,30?,31+/m1/s1. The highest BCUT2D eigenvalue weighted by atomic mass is 79.9. The zero-order valence-corrected chi connectivity index (χ0v) is 26.3. The zero-order valence-electron chi connectivity index (χ0n) is 23.1. The molecule has 38 heavy (non-hydrogen) atoms. The van der Waals surface area contributed by atoms with Crippen molar-refractivity contribution in [2.24, 2.45) is 35.0 Å². The van der Waals surface area contributed by atoms with Crippen LogP contribution in [0.1, 0.15) is 110 Å². The Hall–Kier alpha value is -0.690. The molecule has 0 aromatic heterocycles. The molecule has 3 fully saturated rings. The quantitative estimate of drug-likeness (QED) is 0.131. The second kappa shape index (κ2) is 13.3. The number of carboxylic acids is 1. The van der Waals surface area contributed by atoms with Gasteiger partial charge in [-0.15, -0.1) is 0 Å². The smallest absolute Gasteiger partial charge is 0.303 e. The first-order valence-corrected chi connectivity index (χ1v) is 16.9. The third kappa shape index (κ3) is 6.61. The van der Waals surface area contributed by atoms with Crippen molar-refractivity contribution in [1.82, 2.24) is 0 Å². The first kappa shape index (κ1) is 30.3. The van der Waals surface area contributed by atoms with E-state index in [2.05, 4.69) is 38.8 Å². The maximum atomic E-state index is 12.7. The van der Waals surface area contributed by atoms with E-state index >= 15 is 0 Å². The van der Waals surface area contributed by atoms with Gasteiger partial charge >= 0.3 is 11.9 Å². The Morgan fingerprint density at radius 3 is 2.34 bits per heavy atom. The van der Waals surface area contributed by atoms with E-state index < -0.39 is 5.97 Å². The summed E-state index contributed by atoms with van der Waals surface area (Å²) >= 11 is 7.81. The minimum absolute atomic E-state index is 0.0321. The molecule has 4 aliphatic rings. The highest BCUT2D eigenvalue weighted by Crippen LogP contribution is 2.65. The summed E-state index contributed by atoms with van der Waals surface area (Å²) < 4.78 is 5.89. The highest BCUT2D eigenvalue weighted by molar-refractivity contribution is 9.10. The molecule has 4 rings (SSSR count). The van der Waals surface area contributed by atoms with Crippen molar-refractivity contribution in [3.05, 3.63) is 11.6 Å². The molecule has 0 aromatic rings. The lowest BCUT2D eigenvalue weighted by Gasteiger charge is -2.58. The monoisotopic (exact) mass is 656 g/mol. The van der Waals surface area contributed by atoms with Crippen LogP contribution in [-0.4, -0.2) is 38.6 Å². The van der Waals surface area contributed by atoms with Crippen molar-refractivity contribution in [1.29, 1.82) is 0 Å². The molecule has 2 unspecified atom stereocenters. The number of ketones is 1. The topological polar surface area (TPSA) is 80.7 Å². The van der Waals surface area contributed by atoms with Crippen LogP contribution in [0.25, 0.3) is 0 Å². The van der Waals surface area contributed by atoms with Crippen LogP contribution >= 0.6 is 31.9 Å². The van der Waals surface area contributed by atoms with Crippen LogP contribution in [0.15, 0.2) is 11.6 Å². The van der Waals surface area contributed by atoms with Gasteiger partial charge in [-0.05, 0) is 86.2 Å². The number of hydrogen-bond donors (Lipinski definition) is 1. The first-order chi connectivity index (χ1) is 18.1. The van der Waals surface area contributed by atoms with Gasteiger partial charge in [0, 0.05) is 23.6 Å². The van der Waals surface area contributed by atoms with Gasteiger partial charge in [0.2, 0.25) is 0 Å². The summed E-state index contributed by atoms with van der Waals surface area (Å²) in [6.45, 7) is 3.93. The Morgan fingerprint density at radius 1 is 1.03 bits per heavy atom. The largest absolute Gasteiger partial charge is 0.481 e. The number of alkyl halides is 2. The number of unbranched alkanes of at least 4 members (excludes halogenated alkanes) is 7. The van der Waals surface area contributed by atoms with Crippen LogP contribution in [0.3, 0.4) is 0 Å². The molecule has 214 valence electrons. The summed E-state index contributed by atoms with van der Waals surface area (Å²) in [5.41, 5.74) is 1.40. The van der Waals surface area contributed by atoms with Gasteiger partial charge < -0.3 is 9.84 Å². The number of carboxylic acid groups (broad SMARTS) is 1. The number of esters is 1. The fourth-order valence-corrected chi connectivity index (χ4v) is 10.3. The summed E-state index contributed by atoms with van der Waals surface area (Å²) in [6, 6.07) is 0. The lowest BCUT2D eigenvalue weighted by molar-refractivity contribution is -0.157. The SMILES string of the molecule is CC(=O)O[C@H]1CC[C@H]2[C@H]3[C@H](CC[C@]12C)[C@H]1CC(Br)C(=O)C=C1C(Br)[C@H]3CCCCCCCCCCC(=O)O. The van der Waals surface area contributed by atoms with Crippen LogP contribution in [0.2, 0.25) is 0 Å². The Labute approximate surface area is 245 Å². The van der Waals surface area contributed by atoms with E-state index in [1.165, 1.54) is 44.1 Å². The molecule has 1 N–H and O–H groups in total. The number of halogens is 2. The first-order valence-electron chi connectivity index (χ1n) is 15.1. The van der Waals surface area contributed by atoms with Crippen molar-refractivity contribution >= 4 is 49.6 Å². The molecule has 0 radical (unpaired) electrons. The normalized spacial score (nSPS) is 38.1. The number of fused-ring (bicyclic) bond motifs is 5. The van der Waals surface area contributed by atoms with Crippen molar-refractivity contribution in [3.8, 4) is 0 Å². The number of aliphatic carboxylic acids is 1. The summed E-state index contributed by atoms with van der Waals surface area (Å²) in [4.78, 5) is 35.4. The van der Waals surface area contributed by atoms with Gasteiger partial charge in [-0.1, -0.05) is 83.7 Å². The molecule has 0 aliphatic heterocycles. The Morgan fingerprint density at radius 2 is 1.68 bits per heavy atom. The third-order valence-electron chi connectivity index (χ3n) is 10.5. The maximum absolute atomic E-state index is 12.7. The molecular formula is C31H46Br2O5. The van der Waals surface area contributed by atoms with Crippen LogP contribution in [0, 0.1) is 35.0 Å². The van der Waals surface area contributed by atoms with Crippen LogP contribution in [0.4, 0.5) is 0 Å². The van der Waals surface area contributed by atoms with E-state index in [-0.39, 0.29) is 39.3 Å². The van der Waals surface area contributed by atoms with Crippen LogP contribution < -0.4 is 0 Å². The lowest BCUT2D eigenvalue weighted by atomic mass is 9.49. The fourth-order valence-electron chi connectivity index (χ4n) is 8.70. The van der Waals surface area contributed by atoms with E-state index in [9.17, 15) is 14.4 Å². The average Bonchev–Trinajstić information content (AvgIpc) is 3.18. The van der Waals surface area contributed by atoms with Gasteiger partial charge in [0.05, 0.1) is 4.83 Å². The number of ether oxygens (including phenoxy) is 1. The molecule has 9 atom stereocenters. The van der Waals surface area contributed by atoms with Crippen LogP contribution in [-0.2, 0) is 19.1 Å². The maximum Gasteiger partial charge on any atom is 0.303 e. The van der Waals surface area contributed by atoms with Gasteiger partial charge in [0.15, 0.2) is 5.78 Å². The molecule has 7 heteroatoms. The summed E-state index contributed by atoms with van der Waals surface area (Å²) in [7, 11) is 0. The van der Waals surface area contributed by atoms with Gasteiger partial charge in [-0.3, -0.25) is 14.4 Å². The molecule has 0 amide bonds. The second-order valence-electron chi connectivity index (χ2n) is 12.8. The van der Waals surface area contributed by atoms with E-state index in [1.807, 2.05) is 6.08 Å². The van der Waals surface area contributed by atoms with E-state index in [4.69, 9.17) is 9.84 Å². The molecule has 3 saturated carbocycles. The predicted molar refractivity (Wildman–Crippen MR) is 157 cm³/mol. The Bertz CT molecular complexity index is 903. The van der Waals surface area contributed by atoms with Gasteiger partial charge in [0.25, 0.3) is 0 Å². The number of carbonyl (C=O) groups is 3. The molecule has 0 spiro atoms. The highest BCUT2D eigenvalue weighted by Gasteiger charge is 2.61. The van der Waals surface area contributed by atoms with Crippen molar-refractivity contribution in [3.63, 3.8) is 0 Å². The number of rotatable bonds is 12. The van der Waals surface area contributed by atoms with Gasteiger partial charge in [0.1, 0.15) is 6.10 Å².